The van der Waals surface area contributed by atoms with Crippen LogP contribution < -0.4 is 0 Å². The molecule has 0 unspecified atom stereocenters. The van der Waals surface area contributed by atoms with Crippen LogP contribution in [0.25, 0.3) is 11.3 Å². The summed E-state index contributed by atoms with van der Waals surface area (Å²) in [5, 5.41) is 0.840. The largest absolute Gasteiger partial charge is 0.252 e. The zero-order valence-corrected chi connectivity index (χ0v) is 11.2. The first-order chi connectivity index (χ1) is 8.00. The van der Waals surface area contributed by atoms with Gasteiger partial charge in [0.2, 0.25) is 0 Å². The van der Waals surface area contributed by atoms with E-state index in [1.54, 1.807) is 6.07 Å². The van der Waals surface area contributed by atoms with Gasteiger partial charge in [-0.25, -0.2) is 4.39 Å². The maximum absolute atomic E-state index is 13.7. The standard InChI is InChI=1S/C11H4Cl4FN/c12-5-3-8(16)11(17-4-5)6-1-2-7(13)10(15)9(6)14/h1-4H. The van der Waals surface area contributed by atoms with E-state index in [-0.39, 0.29) is 20.8 Å². The van der Waals surface area contributed by atoms with Crippen molar-refractivity contribution in [3.63, 3.8) is 0 Å². The van der Waals surface area contributed by atoms with E-state index >= 15 is 0 Å². The minimum Gasteiger partial charge on any atom is -0.252 e. The maximum Gasteiger partial charge on any atom is 0.151 e. The van der Waals surface area contributed by atoms with E-state index in [1.165, 1.54) is 12.3 Å². The Morgan fingerprint density at radius 1 is 1.00 bits per heavy atom. The number of pyridine rings is 1. The number of benzene rings is 1. The highest BCUT2D eigenvalue weighted by molar-refractivity contribution is 6.49. The van der Waals surface area contributed by atoms with Crippen LogP contribution in [0.4, 0.5) is 4.39 Å². The van der Waals surface area contributed by atoms with E-state index in [9.17, 15) is 4.39 Å². The number of rotatable bonds is 1. The molecule has 0 radical (unpaired) electrons. The second-order valence-corrected chi connectivity index (χ2v) is 4.81. The van der Waals surface area contributed by atoms with Gasteiger partial charge in [0.25, 0.3) is 0 Å². The maximum atomic E-state index is 13.7. The van der Waals surface area contributed by atoms with Crippen molar-refractivity contribution in [2.45, 2.75) is 0 Å². The van der Waals surface area contributed by atoms with Crippen LogP contribution >= 0.6 is 46.4 Å². The first kappa shape index (κ1) is 12.9. The molecule has 1 nitrogen and oxygen atoms in total. The molecular weight excluding hydrogens is 307 g/mol. The molecule has 0 atom stereocenters. The minimum atomic E-state index is -0.571. The first-order valence-corrected chi connectivity index (χ1v) is 5.97. The summed E-state index contributed by atoms with van der Waals surface area (Å²) in [4.78, 5) is 3.89. The molecule has 0 N–H and O–H groups in total. The van der Waals surface area contributed by atoms with Crippen LogP contribution in [0.3, 0.4) is 0 Å². The van der Waals surface area contributed by atoms with Gasteiger partial charge in [-0.3, -0.25) is 4.98 Å². The Morgan fingerprint density at radius 3 is 2.35 bits per heavy atom. The Kier molecular flexibility index (Phi) is 3.79. The molecule has 1 heterocycles. The second-order valence-electron chi connectivity index (χ2n) is 3.21. The van der Waals surface area contributed by atoms with Crippen LogP contribution in [-0.4, -0.2) is 4.98 Å². The number of aromatic nitrogens is 1. The van der Waals surface area contributed by atoms with Crippen molar-refractivity contribution in [2.75, 3.05) is 0 Å². The average Bonchev–Trinajstić information content (AvgIpc) is 2.28. The lowest BCUT2D eigenvalue weighted by molar-refractivity contribution is 0.626. The van der Waals surface area contributed by atoms with Gasteiger partial charge < -0.3 is 0 Å². The summed E-state index contributed by atoms with van der Waals surface area (Å²) in [7, 11) is 0. The Labute approximate surface area is 117 Å². The summed E-state index contributed by atoms with van der Waals surface area (Å²) in [6.07, 6.45) is 1.33. The Morgan fingerprint density at radius 2 is 1.71 bits per heavy atom. The molecule has 0 aliphatic carbocycles. The fraction of sp³-hybridized carbons (Fsp3) is 0. The van der Waals surface area contributed by atoms with E-state index in [1.807, 2.05) is 0 Å². The van der Waals surface area contributed by atoms with Crippen molar-refractivity contribution in [3.05, 3.63) is 50.3 Å². The van der Waals surface area contributed by atoms with Gasteiger partial charge in [-0.1, -0.05) is 46.4 Å². The summed E-state index contributed by atoms with van der Waals surface area (Å²) < 4.78 is 13.7. The van der Waals surface area contributed by atoms with Gasteiger partial charge in [0.15, 0.2) is 5.82 Å². The highest BCUT2D eigenvalue weighted by Crippen LogP contribution is 2.38. The van der Waals surface area contributed by atoms with Gasteiger partial charge in [0.1, 0.15) is 5.69 Å². The Bertz CT molecular complexity index is 586. The van der Waals surface area contributed by atoms with Crippen molar-refractivity contribution in [1.29, 1.82) is 0 Å². The monoisotopic (exact) mass is 309 g/mol. The topological polar surface area (TPSA) is 12.9 Å². The minimum absolute atomic E-state index is 0.0815. The van der Waals surface area contributed by atoms with Crippen LogP contribution in [0, 0.1) is 5.82 Å². The number of hydrogen-bond donors (Lipinski definition) is 0. The van der Waals surface area contributed by atoms with E-state index in [0.717, 1.165) is 6.07 Å². The fourth-order valence-electron chi connectivity index (χ4n) is 1.32. The molecule has 0 aliphatic heterocycles. The number of nitrogens with zero attached hydrogens (tertiary/aromatic N) is 1. The average molecular weight is 311 g/mol. The molecule has 1 aromatic heterocycles. The lowest BCUT2D eigenvalue weighted by Crippen LogP contribution is -1.90. The third-order valence-electron chi connectivity index (χ3n) is 2.10. The molecule has 17 heavy (non-hydrogen) atoms. The van der Waals surface area contributed by atoms with Crippen molar-refractivity contribution in [1.82, 2.24) is 4.98 Å². The van der Waals surface area contributed by atoms with Crippen LogP contribution in [0.15, 0.2) is 24.4 Å². The van der Waals surface area contributed by atoms with Gasteiger partial charge in [0, 0.05) is 11.8 Å². The van der Waals surface area contributed by atoms with E-state index in [4.69, 9.17) is 46.4 Å². The van der Waals surface area contributed by atoms with Gasteiger partial charge in [-0.05, 0) is 18.2 Å². The second kappa shape index (κ2) is 4.99. The van der Waals surface area contributed by atoms with Gasteiger partial charge in [0.05, 0.1) is 20.1 Å². The third-order valence-corrected chi connectivity index (χ3v) is 3.60. The number of halogens is 5. The summed E-state index contributed by atoms with van der Waals surface area (Å²) >= 11 is 23.3. The van der Waals surface area contributed by atoms with Crippen molar-refractivity contribution >= 4 is 46.4 Å². The Hall–Kier alpha value is -0.540. The number of hydrogen-bond acceptors (Lipinski definition) is 1. The zero-order valence-electron chi connectivity index (χ0n) is 8.15. The van der Waals surface area contributed by atoms with Crippen LogP contribution in [0.1, 0.15) is 0 Å². The first-order valence-electron chi connectivity index (χ1n) is 4.45. The molecule has 0 saturated heterocycles. The molecule has 0 amide bonds. The van der Waals surface area contributed by atoms with E-state index in [2.05, 4.69) is 4.98 Å². The van der Waals surface area contributed by atoms with Crippen molar-refractivity contribution < 1.29 is 4.39 Å². The summed E-state index contributed by atoms with van der Waals surface area (Å²) in [5.41, 5.74) is 0.452. The summed E-state index contributed by atoms with van der Waals surface area (Å²) in [6, 6.07) is 4.24. The lowest BCUT2D eigenvalue weighted by atomic mass is 10.1. The molecule has 0 fully saturated rings. The molecule has 0 aliphatic rings. The molecule has 88 valence electrons. The van der Waals surface area contributed by atoms with Gasteiger partial charge in [-0.2, -0.15) is 0 Å². The van der Waals surface area contributed by atoms with Crippen LogP contribution in [0.2, 0.25) is 20.1 Å². The van der Waals surface area contributed by atoms with Crippen molar-refractivity contribution in [3.8, 4) is 11.3 Å². The quantitative estimate of drug-likeness (QED) is 0.634. The molecule has 1 aromatic carbocycles. The molecule has 2 rings (SSSR count). The predicted octanol–water partition coefficient (Wildman–Crippen LogP) is 5.50. The molecule has 0 saturated carbocycles. The van der Waals surface area contributed by atoms with Gasteiger partial charge >= 0.3 is 0 Å². The smallest absolute Gasteiger partial charge is 0.151 e. The summed E-state index contributed by atoms with van der Waals surface area (Å²) in [6.45, 7) is 0. The molecule has 0 bridgehead atoms. The fourth-order valence-corrected chi connectivity index (χ4v) is 2.09. The van der Waals surface area contributed by atoms with E-state index < -0.39 is 5.82 Å². The SMILES string of the molecule is Fc1cc(Cl)cnc1-c1ccc(Cl)c(Cl)c1Cl. The van der Waals surface area contributed by atoms with Crippen molar-refractivity contribution in [2.24, 2.45) is 0 Å². The lowest BCUT2D eigenvalue weighted by Gasteiger charge is -2.07. The predicted molar refractivity (Wildman–Crippen MR) is 69.7 cm³/mol. The van der Waals surface area contributed by atoms with Gasteiger partial charge in [-0.15, -0.1) is 0 Å². The summed E-state index contributed by atoms with van der Waals surface area (Å²) in [5.74, 6) is -0.571. The van der Waals surface area contributed by atoms with E-state index in [0.29, 0.717) is 10.6 Å². The van der Waals surface area contributed by atoms with Crippen LogP contribution in [0.5, 0.6) is 0 Å². The molecule has 0 spiro atoms. The third kappa shape index (κ3) is 2.50. The molecule has 2 aromatic rings. The normalized spacial score (nSPS) is 10.6. The van der Waals surface area contributed by atoms with Crippen LogP contribution in [-0.2, 0) is 0 Å². The molecular formula is C11H4Cl4FN. The Balaban J connectivity index is 2.65. The highest BCUT2D eigenvalue weighted by atomic mass is 35.5. The molecule has 6 heteroatoms. The highest BCUT2D eigenvalue weighted by Gasteiger charge is 2.15. The zero-order chi connectivity index (χ0) is 12.6.